The maximum absolute atomic E-state index is 12.9. The summed E-state index contributed by atoms with van der Waals surface area (Å²) < 4.78 is 0. The SMILES string of the molecule is CNc1ccc(C=C(Cl)c2nc3sc(C)c(-c4ccccc4)c3c(=O)[nH]2)cc1[N+](=O)[O-]. The lowest BCUT2D eigenvalue weighted by Crippen LogP contribution is -2.10. The van der Waals surface area contributed by atoms with Crippen LogP contribution in [0.25, 0.3) is 32.5 Å². The minimum atomic E-state index is -0.469. The molecule has 0 aliphatic heterocycles. The Hall–Kier alpha value is -3.49. The van der Waals surface area contributed by atoms with Crippen molar-refractivity contribution in [1.29, 1.82) is 0 Å². The number of fused-ring (bicyclic) bond motifs is 1. The van der Waals surface area contributed by atoms with Crippen LogP contribution < -0.4 is 10.9 Å². The van der Waals surface area contributed by atoms with Gasteiger partial charge < -0.3 is 10.3 Å². The average molecular weight is 453 g/mol. The molecule has 4 rings (SSSR count). The van der Waals surface area contributed by atoms with E-state index < -0.39 is 4.92 Å². The number of nitrogens with one attached hydrogen (secondary N) is 2. The number of aromatic amines is 1. The molecule has 0 atom stereocenters. The molecule has 0 unspecified atom stereocenters. The van der Waals surface area contributed by atoms with Gasteiger partial charge in [-0.15, -0.1) is 11.3 Å². The Morgan fingerprint density at radius 3 is 2.68 bits per heavy atom. The Morgan fingerprint density at radius 1 is 1.26 bits per heavy atom. The maximum Gasteiger partial charge on any atom is 0.292 e. The molecular formula is C22H17ClN4O3S. The van der Waals surface area contributed by atoms with Crippen molar-refractivity contribution in [3.05, 3.63) is 85.3 Å². The summed E-state index contributed by atoms with van der Waals surface area (Å²) in [6.07, 6.45) is 1.54. The topological polar surface area (TPSA) is 101 Å². The molecule has 0 amide bonds. The van der Waals surface area contributed by atoms with Crippen LogP contribution in [0.5, 0.6) is 0 Å². The highest BCUT2D eigenvalue weighted by molar-refractivity contribution is 7.19. The van der Waals surface area contributed by atoms with Crippen LogP contribution in [-0.4, -0.2) is 21.9 Å². The smallest absolute Gasteiger partial charge is 0.292 e. The van der Waals surface area contributed by atoms with Crippen molar-refractivity contribution < 1.29 is 4.92 Å². The molecule has 2 aromatic carbocycles. The van der Waals surface area contributed by atoms with Crippen molar-refractivity contribution in [3.8, 4) is 11.1 Å². The van der Waals surface area contributed by atoms with Crippen LogP contribution in [0.15, 0.2) is 53.3 Å². The number of rotatable bonds is 5. The lowest BCUT2D eigenvalue weighted by molar-refractivity contribution is -0.383. The first kappa shape index (κ1) is 20.8. The van der Waals surface area contributed by atoms with E-state index in [9.17, 15) is 14.9 Å². The number of nitro benzene ring substituents is 1. The van der Waals surface area contributed by atoms with Gasteiger partial charge in [-0.3, -0.25) is 14.9 Å². The van der Waals surface area contributed by atoms with Crippen molar-refractivity contribution in [2.24, 2.45) is 0 Å². The molecule has 0 aliphatic carbocycles. The number of hydrogen-bond acceptors (Lipinski definition) is 6. The van der Waals surface area contributed by atoms with Gasteiger partial charge in [0, 0.05) is 23.6 Å². The number of aromatic nitrogens is 2. The lowest BCUT2D eigenvalue weighted by atomic mass is 10.0. The average Bonchev–Trinajstić information content (AvgIpc) is 3.10. The van der Waals surface area contributed by atoms with Gasteiger partial charge in [-0.05, 0) is 30.2 Å². The second kappa shape index (κ2) is 8.33. The van der Waals surface area contributed by atoms with Crippen LogP contribution in [0.3, 0.4) is 0 Å². The van der Waals surface area contributed by atoms with Gasteiger partial charge >= 0.3 is 0 Å². The van der Waals surface area contributed by atoms with Crippen LogP contribution in [-0.2, 0) is 0 Å². The van der Waals surface area contributed by atoms with Gasteiger partial charge in [0.15, 0.2) is 5.82 Å². The summed E-state index contributed by atoms with van der Waals surface area (Å²) in [5, 5.41) is 14.8. The molecule has 0 aliphatic rings. The third-order valence-electron chi connectivity index (χ3n) is 4.81. The summed E-state index contributed by atoms with van der Waals surface area (Å²) in [4.78, 5) is 32.6. The zero-order valence-electron chi connectivity index (χ0n) is 16.6. The molecule has 4 aromatic rings. The molecule has 0 saturated carbocycles. The van der Waals surface area contributed by atoms with E-state index in [0.29, 0.717) is 21.5 Å². The van der Waals surface area contributed by atoms with E-state index in [1.807, 2.05) is 37.3 Å². The minimum Gasteiger partial charge on any atom is -0.383 e. The number of nitrogens with zero attached hydrogens (tertiary/aromatic N) is 2. The highest BCUT2D eigenvalue weighted by Gasteiger charge is 2.18. The Morgan fingerprint density at radius 2 is 2.00 bits per heavy atom. The van der Waals surface area contributed by atoms with Gasteiger partial charge in [0.1, 0.15) is 10.5 Å². The Labute approximate surface area is 186 Å². The van der Waals surface area contributed by atoms with Gasteiger partial charge in [-0.2, -0.15) is 0 Å². The highest BCUT2D eigenvalue weighted by Crippen LogP contribution is 2.36. The van der Waals surface area contributed by atoms with E-state index in [1.165, 1.54) is 23.5 Å². The van der Waals surface area contributed by atoms with Crippen molar-refractivity contribution in [1.82, 2.24) is 9.97 Å². The van der Waals surface area contributed by atoms with E-state index >= 15 is 0 Å². The largest absolute Gasteiger partial charge is 0.383 e. The van der Waals surface area contributed by atoms with Crippen LogP contribution in [0, 0.1) is 17.0 Å². The maximum atomic E-state index is 12.9. The van der Waals surface area contributed by atoms with E-state index in [0.717, 1.165) is 16.0 Å². The summed E-state index contributed by atoms with van der Waals surface area (Å²) in [6.45, 7) is 1.95. The summed E-state index contributed by atoms with van der Waals surface area (Å²) in [6, 6.07) is 14.4. The predicted octanol–water partition coefficient (Wildman–Crippen LogP) is 5.65. The van der Waals surface area contributed by atoms with Gasteiger partial charge in [-0.1, -0.05) is 48.0 Å². The summed E-state index contributed by atoms with van der Waals surface area (Å²) in [7, 11) is 1.61. The second-order valence-corrected chi connectivity index (χ2v) is 8.38. The summed E-state index contributed by atoms with van der Waals surface area (Å²) in [5.41, 5.74) is 2.37. The van der Waals surface area contributed by atoms with E-state index in [4.69, 9.17) is 11.6 Å². The molecule has 31 heavy (non-hydrogen) atoms. The first-order chi connectivity index (χ1) is 14.9. The molecular weight excluding hydrogens is 436 g/mol. The first-order valence-corrected chi connectivity index (χ1v) is 10.5. The molecule has 156 valence electrons. The van der Waals surface area contributed by atoms with Crippen LogP contribution in [0.2, 0.25) is 0 Å². The van der Waals surface area contributed by atoms with Crippen LogP contribution in [0.1, 0.15) is 16.3 Å². The summed E-state index contributed by atoms with van der Waals surface area (Å²) >= 11 is 7.85. The van der Waals surface area contributed by atoms with Gasteiger partial charge in [-0.25, -0.2) is 4.98 Å². The minimum absolute atomic E-state index is 0.0704. The quantitative estimate of drug-likeness (QED) is 0.301. The number of H-pyrrole nitrogens is 1. The first-order valence-electron chi connectivity index (χ1n) is 9.31. The zero-order chi connectivity index (χ0) is 22.1. The lowest BCUT2D eigenvalue weighted by Gasteiger charge is -2.04. The third-order valence-corrected chi connectivity index (χ3v) is 6.10. The number of nitro groups is 1. The number of benzene rings is 2. The molecule has 9 heteroatoms. The van der Waals surface area contributed by atoms with Crippen LogP contribution in [0.4, 0.5) is 11.4 Å². The standard InChI is InChI=1S/C22H17ClN4O3S/c1-12-18(14-6-4-3-5-7-14)19-21(28)25-20(26-22(19)31-12)15(23)10-13-8-9-16(24-2)17(11-13)27(29)30/h3-11,24H,1-2H3,(H,25,26,28). The fourth-order valence-electron chi connectivity index (χ4n) is 3.40. The number of thiophene rings is 1. The number of aryl methyl sites for hydroxylation is 1. The summed E-state index contributed by atoms with van der Waals surface area (Å²) in [5.74, 6) is 0.209. The predicted molar refractivity (Wildman–Crippen MR) is 127 cm³/mol. The molecule has 0 spiro atoms. The van der Waals surface area contributed by atoms with Gasteiger partial charge in [0.25, 0.3) is 11.2 Å². The third kappa shape index (κ3) is 3.95. The number of hydrogen-bond donors (Lipinski definition) is 2. The molecule has 7 nitrogen and oxygen atoms in total. The Balaban J connectivity index is 1.80. The normalized spacial score (nSPS) is 11.6. The fraction of sp³-hybridized carbons (Fsp3) is 0.0909. The van der Waals surface area contributed by atoms with Crippen molar-refractivity contribution in [2.45, 2.75) is 6.92 Å². The Bertz CT molecular complexity index is 1390. The fourth-order valence-corrected chi connectivity index (χ4v) is 4.66. The second-order valence-electron chi connectivity index (χ2n) is 6.77. The molecule has 0 fully saturated rings. The van der Waals surface area contributed by atoms with E-state index in [-0.39, 0.29) is 22.1 Å². The number of anilines is 1. The van der Waals surface area contributed by atoms with Crippen molar-refractivity contribution in [3.63, 3.8) is 0 Å². The van der Waals surface area contributed by atoms with Gasteiger partial charge in [0.2, 0.25) is 0 Å². The van der Waals surface area contributed by atoms with Crippen molar-refractivity contribution in [2.75, 3.05) is 12.4 Å². The molecule has 2 aromatic heterocycles. The van der Waals surface area contributed by atoms with E-state index in [2.05, 4.69) is 15.3 Å². The van der Waals surface area contributed by atoms with Gasteiger partial charge in [0.05, 0.1) is 15.3 Å². The number of halogens is 1. The Kier molecular flexibility index (Phi) is 5.58. The molecule has 0 saturated heterocycles. The molecule has 0 radical (unpaired) electrons. The van der Waals surface area contributed by atoms with E-state index in [1.54, 1.807) is 19.2 Å². The molecule has 2 N–H and O–H groups in total. The van der Waals surface area contributed by atoms with Crippen molar-refractivity contribution >= 4 is 55.6 Å². The molecule has 0 bridgehead atoms. The highest BCUT2D eigenvalue weighted by atomic mass is 35.5. The van der Waals surface area contributed by atoms with Crippen LogP contribution >= 0.6 is 22.9 Å². The zero-order valence-corrected chi connectivity index (χ0v) is 18.2. The molecule has 2 heterocycles. The monoisotopic (exact) mass is 452 g/mol.